The zero-order chi connectivity index (χ0) is 17.3. The summed E-state index contributed by atoms with van der Waals surface area (Å²) in [5, 5.41) is 8.40. The number of imidazole rings is 1. The Morgan fingerprint density at radius 1 is 1.38 bits per heavy atom. The van der Waals surface area contributed by atoms with Crippen molar-refractivity contribution in [2.24, 2.45) is 0 Å². The van der Waals surface area contributed by atoms with E-state index in [1.54, 1.807) is 18.9 Å². The van der Waals surface area contributed by atoms with Crippen LogP contribution in [0.15, 0.2) is 12.7 Å². The average molecular weight is 336 g/mol. The van der Waals surface area contributed by atoms with E-state index >= 15 is 0 Å². The smallest absolute Gasteiger partial charge is 0.284 e. The minimum Gasteiger partial charge on any atom is -0.348 e. The third-order valence-corrected chi connectivity index (χ3v) is 3.39. The number of rotatable bonds is 5. The van der Waals surface area contributed by atoms with Gasteiger partial charge < -0.3 is 15.2 Å². The minimum absolute atomic E-state index is 0.00206. The van der Waals surface area contributed by atoms with Crippen molar-refractivity contribution < 1.29 is 13.6 Å². The Morgan fingerprint density at radius 3 is 2.92 bits per heavy atom. The minimum atomic E-state index is -2.78. The number of anilines is 2. The van der Waals surface area contributed by atoms with Gasteiger partial charge in [0.2, 0.25) is 5.91 Å². The normalized spacial score (nSPS) is 11.2. The molecule has 3 N–H and O–H groups in total. The lowest BCUT2D eigenvalue weighted by Crippen LogP contribution is -2.31. The highest BCUT2D eigenvalue weighted by atomic mass is 19.3. The lowest BCUT2D eigenvalue weighted by molar-refractivity contribution is -0.114. The van der Waals surface area contributed by atoms with Crippen LogP contribution in [0.3, 0.4) is 0 Å². The fourth-order valence-electron chi connectivity index (χ4n) is 2.27. The molecular formula is C13H14F2N8O. The van der Waals surface area contributed by atoms with Crippen molar-refractivity contribution in [1.82, 2.24) is 30.1 Å². The van der Waals surface area contributed by atoms with Crippen LogP contribution in [0, 0.1) is 6.92 Å². The number of H-pyrrole nitrogens is 2. The number of hydrogen-bond acceptors (Lipinski definition) is 6. The summed E-state index contributed by atoms with van der Waals surface area (Å²) < 4.78 is 25.8. The highest BCUT2D eigenvalue weighted by Crippen LogP contribution is 2.27. The van der Waals surface area contributed by atoms with Crippen LogP contribution < -0.4 is 10.2 Å². The predicted octanol–water partition coefficient (Wildman–Crippen LogP) is 1.40. The van der Waals surface area contributed by atoms with Crippen LogP contribution in [0.2, 0.25) is 0 Å². The Balaban J connectivity index is 1.76. The molecule has 11 heteroatoms. The maximum absolute atomic E-state index is 12.9. The van der Waals surface area contributed by atoms with Crippen molar-refractivity contribution in [1.29, 1.82) is 0 Å². The summed E-state index contributed by atoms with van der Waals surface area (Å²) in [6.45, 7) is 1.45. The molecule has 1 amide bonds. The first-order valence-corrected chi connectivity index (χ1v) is 6.95. The first-order chi connectivity index (χ1) is 11.5. The summed E-state index contributed by atoms with van der Waals surface area (Å²) >= 11 is 0. The van der Waals surface area contributed by atoms with E-state index in [-0.39, 0.29) is 12.2 Å². The van der Waals surface area contributed by atoms with Crippen LogP contribution >= 0.6 is 0 Å². The number of fused-ring (bicyclic) bond motifs is 1. The van der Waals surface area contributed by atoms with Gasteiger partial charge in [0, 0.05) is 7.05 Å². The molecule has 0 aromatic carbocycles. The number of alkyl halides is 2. The number of hydrogen-bond donors (Lipinski definition) is 3. The van der Waals surface area contributed by atoms with Gasteiger partial charge in [0.05, 0.1) is 24.3 Å². The maximum atomic E-state index is 12.9. The SMILES string of the molecule is Cc1[nH]nc(C(F)F)c1NC(=O)CN(C)c1ncnc2nc[nH]c12. The number of carbonyl (C=O) groups is 1. The van der Waals surface area contributed by atoms with Gasteiger partial charge in [-0.05, 0) is 6.92 Å². The maximum Gasteiger partial charge on any atom is 0.284 e. The molecule has 0 aliphatic rings. The molecule has 0 radical (unpaired) electrons. The zero-order valence-corrected chi connectivity index (χ0v) is 12.8. The van der Waals surface area contributed by atoms with E-state index in [0.717, 1.165) is 0 Å². The number of carbonyl (C=O) groups excluding carboxylic acids is 1. The summed E-state index contributed by atoms with van der Waals surface area (Å²) in [5.74, 6) is 0.000765. The van der Waals surface area contributed by atoms with E-state index in [2.05, 4.69) is 35.5 Å². The van der Waals surface area contributed by atoms with Crippen LogP contribution in [0.4, 0.5) is 20.3 Å². The van der Waals surface area contributed by atoms with Gasteiger partial charge >= 0.3 is 0 Å². The Kier molecular flexibility index (Phi) is 4.06. The molecule has 0 aliphatic heterocycles. The van der Waals surface area contributed by atoms with E-state index < -0.39 is 18.0 Å². The van der Waals surface area contributed by atoms with Gasteiger partial charge in [-0.15, -0.1) is 0 Å². The summed E-state index contributed by atoms with van der Waals surface area (Å²) in [6.07, 6.45) is 0.0252. The molecule has 0 fully saturated rings. The quantitative estimate of drug-likeness (QED) is 0.648. The standard InChI is InChI=1S/C13H14F2N8O/c1-6-8(9(11(14)15)22-21-6)20-7(24)3-23(2)13-10-12(17-4-16-10)18-5-19-13/h4-5,11H,3H2,1-2H3,(H,20,24)(H,21,22)(H,16,17,18,19). The largest absolute Gasteiger partial charge is 0.348 e. The highest BCUT2D eigenvalue weighted by Gasteiger charge is 2.21. The zero-order valence-electron chi connectivity index (χ0n) is 12.8. The molecular weight excluding hydrogens is 322 g/mol. The Morgan fingerprint density at radius 2 is 2.17 bits per heavy atom. The summed E-state index contributed by atoms with van der Waals surface area (Å²) in [4.78, 5) is 28.8. The molecule has 0 saturated heterocycles. The molecule has 0 bridgehead atoms. The second-order valence-corrected chi connectivity index (χ2v) is 5.11. The molecule has 3 heterocycles. The van der Waals surface area contributed by atoms with Gasteiger partial charge in [-0.3, -0.25) is 9.89 Å². The van der Waals surface area contributed by atoms with E-state index in [9.17, 15) is 13.6 Å². The van der Waals surface area contributed by atoms with Crippen molar-refractivity contribution in [2.75, 3.05) is 23.8 Å². The molecule has 0 unspecified atom stereocenters. The topological polar surface area (TPSA) is 115 Å². The number of aromatic amines is 2. The molecule has 9 nitrogen and oxygen atoms in total. The van der Waals surface area contributed by atoms with Gasteiger partial charge in [0.1, 0.15) is 11.8 Å². The second-order valence-electron chi connectivity index (χ2n) is 5.11. The Bertz CT molecular complexity index is 874. The number of halogens is 2. The Hall–Kier alpha value is -3.11. The predicted molar refractivity (Wildman–Crippen MR) is 81.9 cm³/mol. The van der Waals surface area contributed by atoms with Crippen molar-refractivity contribution >= 4 is 28.6 Å². The van der Waals surface area contributed by atoms with Crippen molar-refractivity contribution in [3.05, 3.63) is 24.0 Å². The van der Waals surface area contributed by atoms with E-state index in [1.165, 1.54) is 12.7 Å². The first kappa shape index (κ1) is 15.8. The molecule has 0 saturated carbocycles. The summed E-state index contributed by atoms with van der Waals surface area (Å²) in [7, 11) is 1.65. The molecule has 0 atom stereocenters. The van der Waals surface area contributed by atoms with Crippen LogP contribution in [-0.4, -0.2) is 49.6 Å². The molecule has 3 rings (SSSR count). The number of nitrogens with zero attached hydrogens (tertiary/aromatic N) is 5. The van der Waals surface area contributed by atoms with Crippen LogP contribution in [0.5, 0.6) is 0 Å². The van der Waals surface area contributed by atoms with Crippen LogP contribution in [0.1, 0.15) is 17.8 Å². The van der Waals surface area contributed by atoms with E-state index in [4.69, 9.17) is 0 Å². The van der Waals surface area contributed by atoms with Crippen molar-refractivity contribution in [3.8, 4) is 0 Å². The monoisotopic (exact) mass is 336 g/mol. The Labute approximate surface area is 134 Å². The molecule has 0 spiro atoms. The fourth-order valence-corrected chi connectivity index (χ4v) is 2.27. The van der Waals surface area contributed by atoms with Gasteiger partial charge in [-0.1, -0.05) is 0 Å². The lowest BCUT2D eigenvalue weighted by atomic mass is 10.3. The van der Waals surface area contributed by atoms with Gasteiger partial charge in [0.15, 0.2) is 17.2 Å². The molecule has 24 heavy (non-hydrogen) atoms. The molecule has 0 aliphatic carbocycles. The molecule has 126 valence electrons. The number of amides is 1. The summed E-state index contributed by atoms with van der Waals surface area (Å²) in [6, 6.07) is 0. The number of aromatic nitrogens is 6. The third-order valence-electron chi connectivity index (χ3n) is 3.39. The first-order valence-electron chi connectivity index (χ1n) is 6.95. The van der Waals surface area contributed by atoms with Crippen LogP contribution in [0.25, 0.3) is 11.2 Å². The highest BCUT2D eigenvalue weighted by molar-refractivity contribution is 5.96. The lowest BCUT2D eigenvalue weighted by Gasteiger charge is -2.18. The van der Waals surface area contributed by atoms with Gasteiger partial charge in [0.25, 0.3) is 6.43 Å². The van der Waals surface area contributed by atoms with Crippen molar-refractivity contribution in [2.45, 2.75) is 13.3 Å². The third kappa shape index (κ3) is 2.87. The fraction of sp³-hybridized carbons (Fsp3) is 0.308. The number of likely N-dealkylation sites (N-methyl/N-ethyl adjacent to an activating group) is 1. The molecule has 3 aromatic heterocycles. The van der Waals surface area contributed by atoms with Crippen LogP contribution in [-0.2, 0) is 4.79 Å². The molecule has 3 aromatic rings. The number of nitrogens with one attached hydrogen (secondary N) is 3. The van der Waals surface area contributed by atoms with Gasteiger partial charge in [-0.25, -0.2) is 23.7 Å². The van der Waals surface area contributed by atoms with E-state index in [1.807, 2.05) is 0 Å². The van der Waals surface area contributed by atoms with Crippen molar-refractivity contribution in [3.63, 3.8) is 0 Å². The average Bonchev–Trinajstić information content (AvgIpc) is 3.14. The van der Waals surface area contributed by atoms with E-state index in [0.29, 0.717) is 22.7 Å². The van der Waals surface area contributed by atoms with Gasteiger partial charge in [-0.2, -0.15) is 5.10 Å². The summed E-state index contributed by atoms with van der Waals surface area (Å²) in [5.41, 5.74) is 0.928. The second kappa shape index (κ2) is 6.18. The number of aryl methyl sites for hydroxylation is 1.